The van der Waals surface area contributed by atoms with Crippen LogP contribution in [0.4, 0.5) is 0 Å². The van der Waals surface area contributed by atoms with Crippen LogP contribution < -0.4 is 0 Å². The summed E-state index contributed by atoms with van der Waals surface area (Å²) >= 11 is 0. The first-order chi connectivity index (χ1) is 12.1. The van der Waals surface area contributed by atoms with E-state index in [2.05, 4.69) is 37.3 Å². The molecular weight excluding hydrogens is 312 g/mol. The SMILES string of the molecule is CCCCN(CCC(=O)N1CCC(Cc2ccccc2)CC1)C(C)=O. The van der Waals surface area contributed by atoms with Crippen molar-refractivity contribution in [2.24, 2.45) is 5.92 Å². The zero-order valence-electron chi connectivity index (χ0n) is 15.7. The zero-order valence-corrected chi connectivity index (χ0v) is 15.7. The van der Waals surface area contributed by atoms with Crippen molar-refractivity contribution in [2.75, 3.05) is 26.2 Å². The number of carbonyl (C=O) groups excluding carboxylic acids is 2. The number of hydrogen-bond acceptors (Lipinski definition) is 2. The fourth-order valence-electron chi connectivity index (χ4n) is 3.50. The van der Waals surface area contributed by atoms with Gasteiger partial charge in [-0.3, -0.25) is 9.59 Å². The summed E-state index contributed by atoms with van der Waals surface area (Å²) in [6.07, 6.45) is 5.77. The van der Waals surface area contributed by atoms with Gasteiger partial charge in [-0.25, -0.2) is 0 Å². The van der Waals surface area contributed by atoms with E-state index in [9.17, 15) is 9.59 Å². The number of rotatable bonds is 8. The number of likely N-dealkylation sites (tertiary alicyclic amines) is 1. The lowest BCUT2D eigenvalue weighted by molar-refractivity contribution is -0.134. The van der Waals surface area contributed by atoms with Gasteiger partial charge in [-0.2, -0.15) is 0 Å². The van der Waals surface area contributed by atoms with E-state index >= 15 is 0 Å². The van der Waals surface area contributed by atoms with E-state index in [4.69, 9.17) is 0 Å². The molecule has 1 heterocycles. The van der Waals surface area contributed by atoms with Crippen molar-refractivity contribution in [3.8, 4) is 0 Å². The molecule has 0 bridgehead atoms. The van der Waals surface area contributed by atoms with Crippen molar-refractivity contribution >= 4 is 11.8 Å². The monoisotopic (exact) mass is 344 g/mol. The molecule has 0 aromatic heterocycles. The normalized spacial score (nSPS) is 15.2. The van der Waals surface area contributed by atoms with Gasteiger partial charge in [-0.15, -0.1) is 0 Å². The van der Waals surface area contributed by atoms with Crippen molar-refractivity contribution in [3.05, 3.63) is 35.9 Å². The van der Waals surface area contributed by atoms with E-state index in [0.717, 1.165) is 51.7 Å². The van der Waals surface area contributed by atoms with Gasteiger partial charge in [-0.05, 0) is 37.2 Å². The molecule has 2 rings (SSSR count). The van der Waals surface area contributed by atoms with Crippen molar-refractivity contribution in [2.45, 2.75) is 52.4 Å². The molecule has 0 saturated carbocycles. The Bertz CT molecular complexity index is 536. The number of benzene rings is 1. The van der Waals surface area contributed by atoms with Gasteiger partial charge in [-0.1, -0.05) is 43.7 Å². The summed E-state index contributed by atoms with van der Waals surface area (Å²) in [5, 5.41) is 0. The number of hydrogen-bond donors (Lipinski definition) is 0. The van der Waals surface area contributed by atoms with E-state index in [-0.39, 0.29) is 11.8 Å². The molecule has 1 aliphatic heterocycles. The van der Waals surface area contributed by atoms with Gasteiger partial charge in [0.1, 0.15) is 0 Å². The van der Waals surface area contributed by atoms with Gasteiger partial charge >= 0.3 is 0 Å². The molecule has 1 aromatic carbocycles. The number of carbonyl (C=O) groups is 2. The van der Waals surface area contributed by atoms with Crippen LogP contribution in [0.3, 0.4) is 0 Å². The Labute approximate surface area is 152 Å². The summed E-state index contributed by atoms with van der Waals surface area (Å²) in [7, 11) is 0. The van der Waals surface area contributed by atoms with Gasteiger partial charge in [0.05, 0.1) is 0 Å². The molecule has 0 aliphatic carbocycles. The fourth-order valence-corrected chi connectivity index (χ4v) is 3.50. The third-order valence-corrected chi connectivity index (χ3v) is 5.16. The molecule has 0 spiro atoms. The van der Waals surface area contributed by atoms with E-state index in [0.29, 0.717) is 18.9 Å². The highest BCUT2D eigenvalue weighted by Gasteiger charge is 2.23. The first-order valence-corrected chi connectivity index (χ1v) is 9.67. The van der Waals surface area contributed by atoms with Gasteiger partial charge < -0.3 is 9.80 Å². The van der Waals surface area contributed by atoms with Crippen LogP contribution in [0.5, 0.6) is 0 Å². The molecule has 1 saturated heterocycles. The molecule has 1 fully saturated rings. The molecule has 138 valence electrons. The van der Waals surface area contributed by atoms with Crippen molar-refractivity contribution in [1.82, 2.24) is 9.80 Å². The van der Waals surface area contributed by atoms with Crippen LogP contribution in [0, 0.1) is 5.92 Å². The molecule has 0 radical (unpaired) electrons. The van der Waals surface area contributed by atoms with Crippen LogP contribution in [0.1, 0.15) is 51.5 Å². The Morgan fingerprint density at radius 3 is 2.40 bits per heavy atom. The summed E-state index contributed by atoms with van der Waals surface area (Å²) in [6.45, 7) is 6.73. The van der Waals surface area contributed by atoms with Crippen LogP contribution in [-0.2, 0) is 16.0 Å². The highest BCUT2D eigenvalue weighted by Crippen LogP contribution is 2.22. The lowest BCUT2D eigenvalue weighted by atomic mass is 9.90. The van der Waals surface area contributed by atoms with Crippen LogP contribution in [0.2, 0.25) is 0 Å². The lowest BCUT2D eigenvalue weighted by Gasteiger charge is -2.32. The largest absolute Gasteiger partial charge is 0.343 e. The van der Waals surface area contributed by atoms with Crippen LogP contribution in [0.15, 0.2) is 30.3 Å². The van der Waals surface area contributed by atoms with Crippen molar-refractivity contribution < 1.29 is 9.59 Å². The second-order valence-corrected chi connectivity index (χ2v) is 7.12. The maximum absolute atomic E-state index is 12.5. The standard InChI is InChI=1S/C21H32N2O2/c1-3-4-13-22(18(2)24)16-12-21(25)23-14-10-20(11-15-23)17-19-8-6-5-7-9-19/h5-9,20H,3-4,10-17H2,1-2H3. The highest BCUT2D eigenvalue weighted by atomic mass is 16.2. The predicted octanol–water partition coefficient (Wildman–Crippen LogP) is 3.51. The van der Waals surface area contributed by atoms with E-state index in [1.807, 2.05) is 9.80 Å². The molecule has 0 N–H and O–H groups in total. The number of nitrogens with zero attached hydrogens (tertiary/aromatic N) is 2. The van der Waals surface area contributed by atoms with Gasteiger partial charge in [0.25, 0.3) is 0 Å². The molecule has 0 unspecified atom stereocenters. The van der Waals surface area contributed by atoms with E-state index < -0.39 is 0 Å². The Kier molecular flexibility index (Phi) is 7.96. The van der Waals surface area contributed by atoms with E-state index in [1.165, 1.54) is 5.56 Å². The molecule has 4 heteroatoms. The summed E-state index contributed by atoms with van der Waals surface area (Å²) in [5.41, 5.74) is 1.39. The molecule has 1 aliphatic rings. The van der Waals surface area contributed by atoms with Crippen LogP contribution >= 0.6 is 0 Å². The number of amides is 2. The molecule has 2 amide bonds. The van der Waals surface area contributed by atoms with Crippen LogP contribution in [0.25, 0.3) is 0 Å². The Balaban J connectivity index is 1.72. The average Bonchev–Trinajstić information content (AvgIpc) is 2.62. The molecule has 1 aromatic rings. The summed E-state index contributed by atoms with van der Waals surface area (Å²) < 4.78 is 0. The van der Waals surface area contributed by atoms with Crippen molar-refractivity contribution in [1.29, 1.82) is 0 Å². The van der Waals surface area contributed by atoms with Gasteiger partial charge in [0.15, 0.2) is 0 Å². The second kappa shape index (κ2) is 10.2. The van der Waals surface area contributed by atoms with E-state index in [1.54, 1.807) is 6.92 Å². The zero-order chi connectivity index (χ0) is 18.1. The third kappa shape index (κ3) is 6.52. The first-order valence-electron chi connectivity index (χ1n) is 9.67. The predicted molar refractivity (Wildman–Crippen MR) is 101 cm³/mol. The molecule has 25 heavy (non-hydrogen) atoms. The Morgan fingerprint density at radius 2 is 1.80 bits per heavy atom. The third-order valence-electron chi connectivity index (χ3n) is 5.16. The summed E-state index contributed by atoms with van der Waals surface area (Å²) in [5.74, 6) is 0.938. The molecular formula is C21H32N2O2. The highest BCUT2D eigenvalue weighted by molar-refractivity contribution is 5.78. The topological polar surface area (TPSA) is 40.6 Å². The number of piperidine rings is 1. The summed E-state index contributed by atoms with van der Waals surface area (Å²) in [6, 6.07) is 10.6. The average molecular weight is 344 g/mol. The molecule has 0 atom stereocenters. The smallest absolute Gasteiger partial charge is 0.224 e. The maximum Gasteiger partial charge on any atom is 0.224 e. The quantitative estimate of drug-likeness (QED) is 0.724. The second-order valence-electron chi connectivity index (χ2n) is 7.12. The minimum absolute atomic E-state index is 0.0721. The molecule has 4 nitrogen and oxygen atoms in total. The van der Waals surface area contributed by atoms with Crippen LogP contribution in [-0.4, -0.2) is 47.8 Å². The van der Waals surface area contributed by atoms with Crippen molar-refractivity contribution in [3.63, 3.8) is 0 Å². The minimum atomic E-state index is 0.0721. The fraction of sp³-hybridized carbons (Fsp3) is 0.619. The Morgan fingerprint density at radius 1 is 1.12 bits per heavy atom. The minimum Gasteiger partial charge on any atom is -0.343 e. The summed E-state index contributed by atoms with van der Waals surface area (Å²) in [4.78, 5) is 27.9. The van der Waals surface area contributed by atoms with Gasteiger partial charge in [0, 0.05) is 39.5 Å². The number of unbranched alkanes of at least 4 members (excludes halogenated alkanes) is 1. The van der Waals surface area contributed by atoms with Gasteiger partial charge in [0.2, 0.25) is 11.8 Å². The lowest BCUT2D eigenvalue weighted by Crippen LogP contribution is -2.41. The first kappa shape index (κ1) is 19.5. The Hall–Kier alpha value is -1.84. The maximum atomic E-state index is 12.5.